The topological polar surface area (TPSA) is 50.9 Å². The van der Waals surface area contributed by atoms with Crippen LogP contribution in [0, 0.1) is 26.6 Å². The first-order chi connectivity index (χ1) is 9.40. The summed E-state index contributed by atoms with van der Waals surface area (Å²) in [6, 6.07) is 6.74. The molecule has 2 aromatic rings. The van der Waals surface area contributed by atoms with Gasteiger partial charge in [0.1, 0.15) is 10.8 Å². The Morgan fingerprint density at radius 3 is 2.60 bits per heavy atom. The molecule has 20 heavy (non-hydrogen) atoms. The zero-order valence-electron chi connectivity index (χ0n) is 11.6. The number of aromatic nitrogens is 1. The molecule has 0 atom stereocenters. The van der Waals surface area contributed by atoms with Crippen LogP contribution < -0.4 is 11.1 Å². The lowest BCUT2D eigenvalue weighted by molar-refractivity contribution is 0.631. The maximum absolute atomic E-state index is 13.9. The van der Waals surface area contributed by atoms with Gasteiger partial charge < -0.3 is 11.1 Å². The molecule has 0 unspecified atom stereocenters. The molecular weight excluding hydrogens is 273 g/mol. The Bertz CT molecular complexity index is 663. The predicted octanol–water partition coefficient (Wildman–Crippen LogP) is 3.52. The van der Waals surface area contributed by atoms with Gasteiger partial charge in [-0.2, -0.15) is 0 Å². The molecule has 1 aromatic heterocycles. The van der Waals surface area contributed by atoms with Crippen molar-refractivity contribution in [2.75, 3.05) is 5.32 Å². The molecule has 0 bridgehead atoms. The van der Waals surface area contributed by atoms with Gasteiger partial charge in [-0.15, -0.1) is 0 Å². The number of nitrogens with zero attached hydrogens (tertiary/aromatic N) is 1. The summed E-state index contributed by atoms with van der Waals surface area (Å²) in [6.45, 7) is 5.55. The number of rotatable bonds is 3. The minimum atomic E-state index is -0.314. The molecule has 0 saturated heterocycles. The normalized spacial score (nSPS) is 10.4. The molecule has 3 nitrogen and oxygen atoms in total. The summed E-state index contributed by atoms with van der Waals surface area (Å²) >= 11 is 5.07. The van der Waals surface area contributed by atoms with E-state index in [1.807, 2.05) is 32.9 Å². The first-order valence-corrected chi connectivity index (χ1v) is 6.61. The van der Waals surface area contributed by atoms with E-state index in [0.29, 0.717) is 16.9 Å². The summed E-state index contributed by atoms with van der Waals surface area (Å²) < 4.78 is 13.9. The van der Waals surface area contributed by atoms with Crippen LogP contribution in [0.25, 0.3) is 0 Å². The fourth-order valence-electron chi connectivity index (χ4n) is 2.16. The lowest BCUT2D eigenvalue weighted by Crippen LogP contribution is -2.15. The summed E-state index contributed by atoms with van der Waals surface area (Å²) in [6.07, 6.45) is 0. The third kappa shape index (κ3) is 2.77. The van der Waals surface area contributed by atoms with Gasteiger partial charge in [0, 0.05) is 11.4 Å². The van der Waals surface area contributed by atoms with Crippen molar-refractivity contribution in [2.45, 2.75) is 20.8 Å². The number of nitrogens with two attached hydrogens (primary N) is 1. The van der Waals surface area contributed by atoms with Crippen LogP contribution in [-0.4, -0.2) is 9.97 Å². The van der Waals surface area contributed by atoms with Crippen LogP contribution in [0.5, 0.6) is 0 Å². The minimum Gasteiger partial charge on any atom is -0.389 e. The molecule has 2 rings (SSSR count). The fraction of sp³-hybridized carbons (Fsp3) is 0.200. The van der Waals surface area contributed by atoms with Crippen molar-refractivity contribution in [2.24, 2.45) is 5.73 Å². The zero-order chi connectivity index (χ0) is 14.9. The van der Waals surface area contributed by atoms with E-state index < -0.39 is 0 Å². The maximum Gasteiger partial charge on any atom is 0.146 e. The van der Waals surface area contributed by atoms with E-state index in [-0.39, 0.29) is 10.8 Å². The Labute approximate surface area is 123 Å². The molecule has 0 aliphatic heterocycles. The second-order valence-corrected chi connectivity index (χ2v) is 5.13. The number of aryl methyl sites for hydroxylation is 3. The summed E-state index contributed by atoms with van der Waals surface area (Å²) in [4.78, 5) is 4.58. The number of anilines is 2. The average molecular weight is 289 g/mol. The third-order valence-corrected chi connectivity index (χ3v) is 3.26. The molecule has 0 aliphatic carbocycles. The molecular formula is C15H16FN3S. The predicted molar refractivity (Wildman–Crippen MR) is 84.0 cm³/mol. The molecule has 0 amide bonds. The van der Waals surface area contributed by atoms with Crippen LogP contribution in [-0.2, 0) is 0 Å². The lowest BCUT2D eigenvalue weighted by atomic mass is 10.1. The first kappa shape index (κ1) is 14.4. The smallest absolute Gasteiger partial charge is 0.146 e. The van der Waals surface area contributed by atoms with Gasteiger partial charge in [-0.25, -0.2) is 4.39 Å². The second-order valence-electron chi connectivity index (χ2n) is 4.69. The number of para-hydroxylation sites is 1. The minimum absolute atomic E-state index is 0.242. The van der Waals surface area contributed by atoms with Crippen LogP contribution in [0.4, 0.5) is 15.8 Å². The van der Waals surface area contributed by atoms with Gasteiger partial charge in [-0.1, -0.05) is 24.4 Å². The van der Waals surface area contributed by atoms with Gasteiger partial charge in [0.25, 0.3) is 0 Å². The third-order valence-electron chi connectivity index (χ3n) is 3.06. The quantitative estimate of drug-likeness (QED) is 0.849. The van der Waals surface area contributed by atoms with Crippen molar-refractivity contribution >= 4 is 28.6 Å². The molecule has 0 radical (unpaired) electrons. The van der Waals surface area contributed by atoms with Crippen LogP contribution in [0.3, 0.4) is 0 Å². The second kappa shape index (κ2) is 5.54. The molecule has 3 N–H and O–H groups in total. The monoisotopic (exact) mass is 289 g/mol. The highest BCUT2D eigenvalue weighted by Gasteiger charge is 2.13. The number of halogens is 1. The zero-order valence-corrected chi connectivity index (χ0v) is 12.4. The highest BCUT2D eigenvalue weighted by molar-refractivity contribution is 7.80. The van der Waals surface area contributed by atoms with E-state index in [9.17, 15) is 4.39 Å². The van der Waals surface area contributed by atoms with Gasteiger partial charge >= 0.3 is 0 Å². The van der Waals surface area contributed by atoms with Gasteiger partial charge in [0.05, 0.1) is 16.9 Å². The van der Waals surface area contributed by atoms with E-state index in [0.717, 1.165) is 17.0 Å². The van der Waals surface area contributed by atoms with Gasteiger partial charge in [0.2, 0.25) is 0 Å². The van der Waals surface area contributed by atoms with Crippen molar-refractivity contribution in [3.05, 3.63) is 52.6 Å². The van der Waals surface area contributed by atoms with Crippen molar-refractivity contribution in [1.29, 1.82) is 0 Å². The molecule has 5 heteroatoms. The molecule has 1 aromatic carbocycles. The van der Waals surface area contributed by atoms with E-state index in [2.05, 4.69) is 10.3 Å². The number of hydrogen-bond acceptors (Lipinski definition) is 3. The summed E-state index contributed by atoms with van der Waals surface area (Å²) in [5, 5.41) is 3.09. The number of nitrogens with one attached hydrogen (secondary N) is 1. The van der Waals surface area contributed by atoms with Gasteiger partial charge in [0.15, 0.2) is 0 Å². The molecule has 104 valence electrons. The number of thiocarbonyl (C=S) groups is 1. The van der Waals surface area contributed by atoms with Crippen LogP contribution in [0.2, 0.25) is 0 Å². The number of hydrogen-bond donors (Lipinski definition) is 2. The van der Waals surface area contributed by atoms with E-state index >= 15 is 0 Å². The molecule has 0 aliphatic rings. The first-order valence-electron chi connectivity index (χ1n) is 6.20. The van der Waals surface area contributed by atoms with Crippen LogP contribution in [0.1, 0.15) is 22.5 Å². The Kier molecular flexibility index (Phi) is 3.99. The molecule has 0 fully saturated rings. The largest absolute Gasteiger partial charge is 0.389 e. The molecule has 1 heterocycles. The standard InChI is InChI=1S/C15H16FN3S/c1-8-5-4-6-11(16)14(8)19-12-7-9(2)18-10(3)13(12)15(17)20/h4-7H,1-3H3,(H2,17,20)(H,18,19). The van der Waals surface area contributed by atoms with Crippen LogP contribution in [0.15, 0.2) is 24.3 Å². The van der Waals surface area contributed by atoms with Crippen molar-refractivity contribution in [1.82, 2.24) is 4.98 Å². The van der Waals surface area contributed by atoms with E-state index in [4.69, 9.17) is 18.0 Å². The maximum atomic E-state index is 13.9. The van der Waals surface area contributed by atoms with Crippen molar-refractivity contribution in [3.63, 3.8) is 0 Å². The highest BCUT2D eigenvalue weighted by atomic mass is 32.1. The Morgan fingerprint density at radius 1 is 1.30 bits per heavy atom. The fourth-order valence-corrected chi connectivity index (χ4v) is 2.42. The molecule has 0 saturated carbocycles. The molecule has 0 spiro atoms. The Hall–Kier alpha value is -2.01. The van der Waals surface area contributed by atoms with E-state index in [1.54, 1.807) is 6.07 Å². The summed E-state index contributed by atoms with van der Waals surface area (Å²) in [5.74, 6) is -0.314. The van der Waals surface area contributed by atoms with Gasteiger partial charge in [-0.3, -0.25) is 4.98 Å². The van der Waals surface area contributed by atoms with E-state index in [1.165, 1.54) is 6.07 Å². The number of pyridine rings is 1. The Balaban J connectivity index is 2.56. The summed E-state index contributed by atoms with van der Waals surface area (Å²) in [7, 11) is 0. The SMILES string of the molecule is Cc1cc(Nc2c(C)cccc2F)c(C(N)=S)c(C)n1. The Morgan fingerprint density at radius 2 is 2.00 bits per heavy atom. The number of benzene rings is 1. The highest BCUT2D eigenvalue weighted by Crippen LogP contribution is 2.27. The summed E-state index contributed by atoms with van der Waals surface area (Å²) in [5.41, 5.74) is 9.86. The van der Waals surface area contributed by atoms with Crippen LogP contribution >= 0.6 is 12.2 Å². The van der Waals surface area contributed by atoms with Crippen molar-refractivity contribution in [3.8, 4) is 0 Å². The van der Waals surface area contributed by atoms with Crippen molar-refractivity contribution < 1.29 is 4.39 Å². The van der Waals surface area contributed by atoms with Gasteiger partial charge in [-0.05, 0) is 38.5 Å². The average Bonchev–Trinajstić information content (AvgIpc) is 2.32. The lowest BCUT2D eigenvalue weighted by Gasteiger charge is -2.16.